The first-order chi connectivity index (χ1) is 23.4. The Morgan fingerprint density at radius 3 is 2.17 bits per heavy atom. The fraction of sp³-hybridized carbons (Fsp3) is 0.133. The van der Waals surface area contributed by atoms with Crippen molar-refractivity contribution in [1.29, 1.82) is 0 Å². The largest absolute Gasteiger partial charge is 0.350 e. The molecule has 0 saturated carbocycles. The van der Waals surface area contributed by atoms with Crippen molar-refractivity contribution in [3.63, 3.8) is 0 Å². The summed E-state index contributed by atoms with van der Waals surface area (Å²) in [5, 5.41) is 6.27. The molecule has 3 nitrogen and oxygen atoms in total. The van der Waals surface area contributed by atoms with Crippen LogP contribution >= 0.6 is 0 Å². The lowest BCUT2D eigenvalue weighted by Crippen LogP contribution is -2.46. The first kappa shape index (κ1) is 32.4. The van der Waals surface area contributed by atoms with Crippen molar-refractivity contribution in [1.82, 2.24) is 10.2 Å². The Bertz CT molecular complexity index is 2080. The number of rotatable bonds is 9. The molecule has 1 aliphatic heterocycles. The van der Waals surface area contributed by atoms with Gasteiger partial charge >= 0.3 is 0 Å². The van der Waals surface area contributed by atoms with Crippen molar-refractivity contribution in [3.8, 4) is 11.1 Å². The highest BCUT2D eigenvalue weighted by Gasteiger charge is 2.32. The van der Waals surface area contributed by atoms with Crippen LogP contribution < -0.4 is 5.32 Å². The van der Waals surface area contributed by atoms with Crippen LogP contribution in [0.4, 0.5) is 0 Å². The van der Waals surface area contributed by atoms with E-state index in [4.69, 9.17) is 4.99 Å². The molecule has 2 atom stereocenters. The summed E-state index contributed by atoms with van der Waals surface area (Å²) >= 11 is 0. The Labute approximate surface area is 285 Å². The van der Waals surface area contributed by atoms with E-state index in [1.807, 2.05) is 37.3 Å². The summed E-state index contributed by atoms with van der Waals surface area (Å²) in [5.41, 5.74) is 11.5. The monoisotopic (exact) mass is 625 g/mol. The molecule has 5 aromatic carbocycles. The maximum absolute atomic E-state index is 5.25. The molecular weight excluding hydrogens is 583 g/mol. The molecule has 2 unspecified atom stereocenters. The second-order valence-corrected chi connectivity index (χ2v) is 12.3. The Hall–Kier alpha value is -5.51. The maximum atomic E-state index is 5.25. The quantitative estimate of drug-likeness (QED) is 0.165. The smallest absolute Gasteiger partial charge is 0.132 e. The Morgan fingerprint density at radius 2 is 1.46 bits per heavy atom. The van der Waals surface area contributed by atoms with Gasteiger partial charge in [0.05, 0.1) is 0 Å². The van der Waals surface area contributed by atoms with Crippen LogP contribution in [0.3, 0.4) is 0 Å². The number of nitrogens with zero attached hydrogens (tertiary/aromatic N) is 2. The van der Waals surface area contributed by atoms with E-state index in [1.165, 1.54) is 33.0 Å². The number of fused-ring (bicyclic) bond motifs is 1. The summed E-state index contributed by atoms with van der Waals surface area (Å²) in [6.07, 6.45) is 13.9. The van der Waals surface area contributed by atoms with Crippen molar-refractivity contribution < 1.29 is 0 Å². The molecule has 238 valence electrons. The summed E-state index contributed by atoms with van der Waals surface area (Å²) in [6, 6.07) is 36.6. The highest BCUT2D eigenvalue weighted by Crippen LogP contribution is 2.41. The average Bonchev–Trinajstić information content (AvgIpc) is 3.12. The molecule has 48 heavy (non-hydrogen) atoms. The third-order valence-electron chi connectivity index (χ3n) is 9.22. The molecule has 1 heterocycles. The molecule has 0 bridgehead atoms. The predicted octanol–water partition coefficient (Wildman–Crippen LogP) is 11.1. The summed E-state index contributed by atoms with van der Waals surface area (Å²) in [5.74, 6) is 0.877. The van der Waals surface area contributed by atoms with Crippen LogP contribution in [-0.2, 0) is 0 Å². The van der Waals surface area contributed by atoms with E-state index in [-0.39, 0.29) is 12.3 Å². The molecule has 5 aromatic rings. The molecule has 0 aliphatic carbocycles. The fourth-order valence-corrected chi connectivity index (χ4v) is 6.63. The molecule has 0 spiro atoms. The molecule has 0 radical (unpaired) electrons. The van der Waals surface area contributed by atoms with Crippen LogP contribution in [0.25, 0.3) is 33.5 Å². The van der Waals surface area contributed by atoms with Gasteiger partial charge in [-0.05, 0) is 107 Å². The van der Waals surface area contributed by atoms with Gasteiger partial charge in [-0.1, -0.05) is 141 Å². The number of allylic oxidation sites excluding steroid dienone is 7. The van der Waals surface area contributed by atoms with E-state index in [0.717, 1.165) is 39.2 Å². The van der Waals surface area contributed by atoms with Gasteiger partial charge in [0.2, 0.25) is 0 Å². The zero-order valence-corrected chi connectivity index (χ0v) is 28.3. The molecule has 0 fully saturated rings. The van der Waals surface area contributed by atoms with E-state index in [9.17, 15) is 0 Å². The minimum atomic E-state index is -0.168. The van der Waals surface area contributed by atoms with Crippen molar-refractivity contribution >= 4 is 28.3 Å². The lowest BCUT2D eigenvalue weighted by molar-refractivity contribution is 0.152. The fourth-order valence-electron chi connectivity index (χ4n) is 6.63. The first-order valence-electron chi connectivity index (χ1n) is 16.5. The van der Waals surface area contributed by atoms with Crippen molar-refractivity contribution in [2.24, 2.45) is 4.99 Å². The van der Waals surface area contributed by atoms with E-state index in [2.05, 4.69) is 160 Å². The standard InChI is InChI=1S/C45H43N3/c1-7-9-13-20-31(3)36-28-37(42-33(5)32(4)39(25-10-8-2)40-26-18-19-27-41(40)42)30-38(29-36)45-47-43(34-21-14-11-15-22-34)46-44(48(45)6)35-23-16-12-17-24-35/h7-30,44-45H,2-3H2,1,4-6H3,(H,46,47)/b9-7-,20-13-,25-10-. The van der Waals surface area contributed by atoms with E-state index in [0.29, 0.717) is 0 Å². The lowest BCUT2D eigenvalue weighted by Gasteiger charge is -2.39. The number of benzene rings is 5. The van der Waals surface area contributed by atoms with E-state index in [1.54, 1.807) is 0 Å². The lowest BCUT2D eigenvalue weighted by atomic mass is 9.85. The molecule has 0 saturated heterocycles. The van der Waals surface area contributed by atoms with Gasteiger partial charge < -0.3 is 5.32 Å². The van der Waals surface area contributed by atoms with Gasteiger partial charge in [-0.25, -0.2) is 4.99 Å². The zero-order chi connectivity index (χ0) is 33.6. The number of aliphatic imine (C=N–C) groups is 1. The van der Waals surface area contributed by atoms with Crippen molar-refractivity contribution in [3.05, 3.63) is 192 Å². The minimum Gasteiger partial charge on any atom is -0.350 e. The van der Waals surface area contributed by atoms with E-state index < -0.39 is 0 Å². The highest BCUT2D eigenvalue weighted by molar-refractivity contribution is 6.04. The molecule has 0 amide bonds. The van der Waals surface area contributed by atoms with Gasteiger partial charge in [-0.15, -0.1) is 0 Å². The summed E-state index contributed by atoms with van der Waals surface area (Å²) in [4.78, 5) is 7.57. The van der Waals surface area contributed by atoms with Gasteiger partial charge in [0, 0.05) is 5.56 Å². The second kappa shape index (κ2) is 14.5. The SMILES string of the molecule is C=C/C=C\c1c(C)c(C)c(-c2cc(C(=C)/C=C\C=C/C)cc(C3NC(c4ccccc4)=NC(c4ccccc4)N3C)c2)c2ccccc12. The summed E-state index contributed by atoms with van der Waals surface area (Å²) in [7, 11) is 2.15. The predicted molar refractivity (Wildman–Crippen MR) is 207 cm³/mol. The van der Waals surface area contributed by atoms with E-state index >= 15 is 0 Å². The van der Waals surface area contributed by atoms with Crippen LogP contribution in [0.2, 0.25) is 0 Å². The molecule has 6 rings (SSSR count). The average molecular weight is 626 g/mol. The minimum absolute atomic E-state index is 0.156. The Kier molecular flexibility index (Phi) is 9.80. The molecule has 1 N–H and O–H groups in total. The van der Waals surface area contributed by atoms with Gasteiger partial charge in [-0.2, -0.15) is 0 Å². The van der Waals surface area contributed by atoms with Crippen LogP contribution in [0.15, 0.2) is 158 Å². The van der Waals surface area contributed by atoms with Crippen LogP contribution in [0.1, 0.15) is 58.2 Å². The van der Waals surface area contributed by atoms with Crippen LogP contribution in [0, 0.1) is 13.8 Å². The summed E-state index contributed by atoms with van der Waals surface area (Å²) < 4.78 is 0. The number of amidine groups is 1. The zero-order valence-electron chi connectivity index (χ0n) is 28.3. The van der Waals surface area contributed by atoms with Gasteiger partial charge in [0.25, 0.3) is 0 Å². The number of hydrogen-bond acceptors (Lipinski definition) is 3. The molecule has 1 aliphatic rings. The normalized spacial score (nSPS) is 16.9. The first-order valence-corrected chi connectivity index (χ1v) is 16.5. The highest BCUT2D eigenvalue weighted by atomic mass is 15.4. The third-order valence-corrected chi connectivity index (χ3v) is 9.22. The molecule has 3 heteroatoms. The van der Waals surface area contributed by atoms with Crippen molar-refractivity contribution in [2.45, 2.75) is 33.1 Å². The topological polar surface area (TPSA) is 27.6 Å². The van der Waals surface area contributed by atoms with Crippen LogP contribution in [-0.4, -0.2) is 17.8 Å². The van der Waals surface area contributed by atoms with Crippen LogP contribution in [0.5, 0.6) is 0 Å². The number of nitrogens with one attached hydrogen (secondary N) is 1. The second-order valence-electron chi connectivity index (χ2n) is 12.3. The number of hydrogen-bond donors (Lipinski definition) is 1. The maximum Gasteiger partial charge on any atom is 0.132 e. The molecular formula is C45H43N3. The Balaban J connectivity index is 1.58. The Morgan fingerprint density at radius 1 is 0.771 bits per heavy atom. The van der Waals surface area contributed by atoms with Gasteiger partial charge in [0.15, 0.2) is 0 Å². The summed E-state index contributed by atoms with van der Waals surface area (Å²) in [6.45, 7) is 14.9. The van der Waals surface area contributed by atoms with Crippen molar-refractivity contribution in [2.75, 3.05) is 7.05 Å². The third kappa shape index (κ3) is 6.51. The molecule has 0 aromatic heterocycles. The van der Waals surface area contributed by atoms with Gasteiger partial charge in [0.1, 0.15) is 18.2 Å². The van der Waals surface area contributed by atoms with Gasteiger partial charge in [-0.3, -0.25) is 4.90 Å².